The van der Waals surface area contributed by atoms with Crippen LogP contribution in [-0.4, -0.2) is 0 Å². The summed E-state index contributed by atoms with van der Waals surface area (Å²) < 4.78 is 0. The summed E-state index contributed by atoms with van der Waals surface area (Å²) in [5, 5.41) is 8.67. The Labute approximate surface area is 78.4 Å². The fraction of sp³-hybridized carbons (Fsp3) is 0.222. The summed E-state index contributed by atoms with van der Waals surface area (Å²) in [5.74, 6) is 0. The topological polar surface area (TPSA) is 49.8 Å². The second kappa shape index (κ2) is 4.63. The minimum Gasteiger partial charge on any atom is -0.399 e. The van der Waals surface area contributed by atoms with Crippen LogP contribution in [0.3, 0.4) is 0 Å². The van der Waals surface area contributed by atoms with Crippen molar-refractivity contribution in [3.05, 3.63) is 29.3 Å². The smallest absolute Gasteiger partial charge is 0.0995 e. The predicted molar refractivity (Wildman–Crippen MR) is 52.2 cm³/mol. The summed E-state index contributed by atoms with van der Waals surface area (Å²) in [6.07, 6.45) is 0.878. The number of hydrogen-bond acceptors (Lipinski definition) is 2. The maximum Gasteiger partial charge on any atom is 0.0995 e. The monoisotopic (exact) mass is 182 g/mol. The highest BCUT2D eigenvalue weighted by Gasteiger charge is 1.98. The largest absolute Gasteiger partial charge is 0.399 e. The number of rotatable bonds is 1. The summed E-state index contributed by atoms with van der Waals surface area (Å²) in [5.41, 5.74) is 7.90. The van der Waals surface area contributed by atoms with E-state index in [2.05, 4.69) is 6.07 Å². The quantitative estimate of drug-likeness (QED) is 0.677. The first-order chi connectivity index (χ1) is 5.27. The van der Waals surface area contributed by atoms with Crippen LogP contribution >= 0.6 is 12.4 Å². The maximum absolute atomic E-state index is 8.67. The zero-order chi connectivity index (χ0) is 8.27. The van der Waals surface area contributed by atoms with Crippen molar-refractivity contribution in [2.45, 2.75) is 13.3 Å². The van der Waals surface area contributed by atoms with Gasteiger partial charge in [0, 0.05) is 5.69 Å². The van der Waals surface area contributed by atoms with Crippen LogP contribution in [0, 0.1) is 11.3 Å². The number of benzene rings is 1. The molecule has 0 unspecified atom stereocenters. The predicted octanol–water partition coefficient (Wildman–Crippen LogP) is 2.12. The lowest BCUT2D eigenvalue weighted by Crippen LogP contribution is -1.90. The van der Waals surface area contributed by atoms with E-state index in [-0.39, 0.29) is 12.4 Å². The Bertz CT molecular complexity index is 302. The standard InChI is InChI=1S/C9H10N2.ClH/c1-2-7-3-4-9(11)5-8(7)6-10;/h3-5H,2,11H2,1H3;1H. The Kier molecular flexibility index (Phi) is 4.17. The Morgan fingerprint density at radius 3 is 2.67 bits per heavy atom. The van der Waals surface area contributed by atoms with Gasteiger partial charge in [0.2, 0.25) is 0 Å². The van der Waals surface area contributed by atoms with E-state index in [9.17, 15) is 0 Å². The molecule has 0 amide bonds. The van der Waals surface area contributed by atoms with Crippen LogP contribution in [0.25, 0.3) is 0 Å². The van der Waals surface area contributed by atoms with Crippen LogP contribution in [0.2, 0.25) is 0 Å². The van der Waals surface area contributed by atoms with Gasteiger partial charge in [-0.1, -0.05) is 13.0 Å². The number of aryl methyl sites for hydroxylation is 1. The number of nitrogens with two attached hydrogens (primary N) is 1. The molecular formula is C9H11ClN2. The van der Waals surface area contributed by atoms with E-state index in [1.807, 2.05) is 19.1 Å². The summed E-state index contributed by atoms with van der Waals surface area (Å²) in [6.45, 7) is 2.02. The van der Waals surface area contributed by atoms with Gasteiger partial charge >= 0.3 is 0 Å². The van der Waals surface area contributed by atoms with Crippen molar-refractivity contribution in [2.75, 3.05) is 5.73 Å². The fourth-order valence-electron chi connectivity index (χ4n) is 1.01. The summed E-state index contributed by atoms with van der Waals surface area (Å²) in [6, 6.07) is 7.53. The van der Waals surface area contributed by atoms with Crippen LogP contribution in [0.15, 0.2) is 18.2 Å². The third kappa shape index (κ3) is 2.14. The number of halogens is 1. The highest BCUT2D eigenvalue weighted by molar-refractivity contribution is 5.85. The van der Waals surface area contributed by atoms with Crippen LogP contribution in [0.1, 0.15) is 18.1 Å². The van der Waals surface area contributed by atoms with Gasteiger partial charge in [-0.25, -0.2) is 0 Å². The van der Waals surface area contributed by atoms with Crippen molar-refractivity contribution in [3.8, 4) is 6.07 Å². The van der Waals surface area contributed by atoms with Gasteiger partial charge < -0.3 is 5.73 Å². The third-order valence-electron chi connectivity index (χ3n) is 1.64. The van der Waals surface area contributed by atoms with Crippen molar-refractivity contribution in [3.63, 3.8) is 0 Å². The highest BCUT2D eigenvalue weighted by atomic mass is 35.5. The van der Waals surface area contributed by atoms with Crippen molar-refractivity contribution in [1.82, 2.24) is 0 Å². The zero-order valence-electron chi connectivity index (χ0n) is 6.87. The number of nitrogens with zero attached hydrogens (tertiary/aromatic N) is 1. The Balaban J connectivity index is 0.00000121. The number of hydrogen-bond donors (Lipinski definition) is 1. The molecule has 0 radical (unpaired) electrons. The molecule has 0 saturated carbocycles. The minimum absolute atomic E-state index is 0. The van der Waals surface area contributed by atoms with Crippen molar-refractivity contribution in [1.29, 1.82) is 5.26 Å². The van der Waals surface area contributed by atoms with Gasteiger partial charge in [0.25, 0.3) is 0 Å². The first-order valence-corrected chi connectivity index (χ1v) is 3.56. The molecule has 0 aliphatic carbocycles. The molecule has 1 aromatic rings. The molecule has 0 saturated heterocycles. The molecule has 0 atom stereocenters. The van der Waals surface area contributed by atoms with Gasteiger partial charge in [0.05, 0.1) is 11.6 Å². The first kappa shape index (κ1) is 10.8. The minimum atomic E-state index is 0. The van der Waals surface area contributed by atoms with Crippen LogP contribution < -0.4 is 5.73 Å². The Morgan fingerprint density at radius 2 is 2.17 bits per heavy atom. The zero-order valence-corrected chi connectivity index (χ0v) is 7.69. The molecule has 3 heteroatoms. The van der Waals surface area contributed by atoms with Crippen molar-refractivity contribution < 1.29 is 0 Å². The van der Waals surface area contributed by atoms with Crippen molar-refractivity contribution in [2.24, 2.45) is 0 Å². The molecule has 12 heavy (non-hydrogen) atoms. The normalized spacial score (nSPS) is 8.33. The maximum atomic E-state index is 8.67. The average molecular weight is 183 g/mol. The van der Waals surface area contributed by atoms with E-state index in [4.69, 9.17) is 11.0 Å². The summed E-state index contributed by atoms with van der Waals surface area (Å²) in [4.78, 5) is 0. The first-order valence-electron chi connectivity index (χ1n) is 3.56. The molecule has 64 valence electrons. The molecule has 0 aromatic heterocycles. The summed E-state index contributed by atoms with van der Waals surface area (Å²) in [7, 11) is 0. The lowest BCUT2D eigenvalue weighted by Gasteiger charge is -1.99. The van der Waals surface area contributed by atoms with Crippen LogP contribution in [0.5, 0.6) is 0 Å². The lowest BCUT2D eigenvalue weighted by molar-refractivity contribution is 1.13. The van der Waals surface area contributed by atoms with E-state index < -0.39 is 0 Å². The van der Waals surface area contributed by atoms with E-state index >= 15 is 0 Å². The van der Waals surface area contributed by atoms with Gasteiger partial charge in [0.1, 0.15) is 0 Å². The van der Waals surface area contributed by atoms with Gasteiger partial charge in [-0.05, 0) is 24.1 Å². The average Bonchev–Trinajstić information content (AvgIpc) is 2.04. The van der Waals surface area contributed by atoms with E-state index in [0.717, 1.165) is 12.0 Å². The van der Waals surface area contributed by atoms with Gasteiger partial charge in [-0.2, -0.15) is 5.26 Å². The molecule has 0 bridgehead atoms. The van der Waals surface area contributed by atoms with E-state index in [0.29, 0.717) is 11.3 Å². The summed E-state index contributed by atoms with van der Waals surface area (Å²) >= 11 is 0. The molecule has 0 fully saturated rings. The molecule has 0 heterocycles. The lowest BCUT2D eigenvalue weighted by atomic mass is 10.1. The second-order valence-electron chi connectivity index (χ2n) is 2.38. The Hall–Kier alpha value is -1.20. The van der Waals surface area contributed by atoms with Crippen LogP contribution in [-0.2, 0) is 6.42 Å². The molecule has 1 rings (SSSR count). The number of anilines is 1. The third-order valence-corrected chi connectivity index (χ3v) is 1.64. The molecule has 2 nitrogen and oxygen atoms in total. The molecule has 2 N–H and O–H groups in total. The van der Waals surface area contributed by atoms with Gasteiger partial charge in [0.15, 0.2) is 0 Å². The molecule has 0 aliphatic heterocycles. The number of nitrogen functional groups attached to an aromatic ring is 1. The molecule has 0 aliphatic rings. The van der Waals surface area contributed by atoms with Gasteiger partial charge in [-0.3, -0.25) is 0 Å². The molecular weight excluding hydrogens is 172 g/mol. The Morgan fingerprint density at radius 1 is 1.50 bits per heavy atom. The fourth-order valence-corrected chi connectivity index (χ4v) is 1.01. The second-order valence-corrected chi connectivity index (χ2v) is 2.38. The van der Waals surface area contributed by atoms with E-state index in [1.165, 1.54) is 0 Å². The highest BCUT2D eigenvalue weighted by Crippen LogP contribution is 2.12. The SMILES string of the molecule is CCc1ccc(N)cc1C#N.Cl. The van der Waals surface area contributed by atoms with Crippen molar-refractivity contribution >= 4 is 18.1 Å². The molecule has 1 aromatic carbocycles. The van der Waals surface area contributed by atoms with Gasteiger partial charge in [-0.15, -0.1) is 12.4 Å². The van der Waals surface area contributed by atoms with E-state index in [1.54, 1.807) is 6.07 Å². The number of nitriles is 1. The molecule has 0 spiro atoms. The van der Waals surface area contributed by atoms with Crippen LogP contribution in [0.4, 0.5) is 5.69 Å².